The fourth-order valence-corrected chi connectivity index (χ4v) is 2.87. The molecule has 2 unspecified atom stereocenters. The van der Waals surface area contributed by atoms with E-state index in [4.69, 9.17) is 9.47 Å². The highest BCUT2D eigenvalue weighted by atomic mass is 16.5. The summed E-state index contributed by atoms with van der Waals surface area (Å²) in [6.45, 7) is 8.51. The molecule has 1 aliphatic rings. The van der Waals surface area contributed by atoms with Crippen LogP contribution in [0.1, 0.15) is 43.9 Å². The standard InChI is InChI=1S/C20H33N3O2/c1-4-17-6-8-19(9-7-17)16(2)23-20(21-3)22-11-5-12-24-14-18-10-13-25-15-18/h6-9,16,18H,4-5,10-15H2,1-3H3,(H2,21,22,23). The van der Waals surface area contributed by atoms with Gasteiger partial charge in [-0.25, -0.2) is 0 Å². The number of aryl methyl sites for hydroxylation is 1. The smallest absolute Gasteiger partial charge is 0.191 e. The van der Waals surface area contributed by atoms with Gasteiger partial charge in [0, 0.05) is 32.7 Å². The number of aliphatic imine (C=N–C) groups is 1. The van der Waals surface area contributed by atoms with Crippen LogP contribution in [0.4, 0.5) is 0 Å². The molecule has 25 heavy (non-hydrogen) atoms. The number of hydrogen-bond donors (Lipinski definition) is 2. The van der Waals surface area contributed by atoms with Crippen LogP contribution in [-0.4, -0.2) is 46.0 Å². The molecule has 1 fully saturated rings. The van der Waals surface area contributed by atoms with Crippen molar-refractivity contribution in [3.63, 3.8) is 0 Å². The molecular formula is C20H33N3O2. The van der Waals surface area contributed by atoms with Crippen LogP contribution in [0.2, 0.25) is 0 Å². The minimum absolute atomic E-state index is 0.218. The molecule has 0 bridgehead atoms. The van der Waals surface area contributed by atoms with Crippen molar-refractivity contribution in [3.8, 4) is 0 Å². The molecule has 1 heterocycles. The van der Waals surface area contributed by atoms with Gasteiger partial charge in [0.05, 0.1) is 19.3 Å². The molecule has 5 heteroatoms. The van der Waals surface area contributed by atoms with Gasteiger partial charge in [-0.3, -0.25) is 4.99 Å². The van der Waals surface area contributed by atoms with Gasteiger partial charge in [0.25, 0.3) is 0 Å². The highest BCUT2D eigenvalue weighted by Crippen LogP contribution is 2.14. The number of nitrogens with zero attached hydrogens (tertiary/aromatic N) is 1. The Morgan fingerprint density at radius 1 is 1.36 bits per heavy atom. The average Bonchev–Trinajstić information content (AvgIpc) is 3.16. The molecule has 0 radical (unpaired) electrons. The molecule has 1 aromatic carbocycles. The Morgan fingerprint density at radius 2 is 2.16 bits per heavy atom. The number of nitrogens with one attached hydrogen (secondary N) is 2. The largest absolute Gasteiger partial charge is 0.381 e. The van der Waals surface area contributed by atoms with Gasteiger partial charge in [0.2, 0.25) is 0 Å². The monoisotopic (exact) mass is 347 g/mol. The summed E-state index contributed by atoms with van der Waals surface area (Å²) in [7, 11) is 1.80. The number of guanidine groups is 1. The van der Waals surface area contributed by atoms with E-state index in [1.54, 1.807) is 7.05 Å². The van der Waals surface area contributed by atoms with Crippen molar-refractivity contribution in [2.45, 2.75) is 39.2 Å². The molecule has 2 atom stereocenters. The van der Waals surface area contributed by atoms with E-state index >= 15 is 0 Å². The summed E-state index contributed by atoms with van der Waals surface area (Å²) in [4.78, 5) is 4.31. The van der Waals surface area contributed by atoms with E-state index in [9.17, 15) is 0 Å². The molecular weight excluding hydrogens is 314 g/mol. The second-order valence-corrected chi connectivity index (χ2v) is 6.62. The van der Waals surface area contributed by atoms with Crippen molar-refractivity contribution in [3.05, 3.63) is 35.4 Å². The third kappa shape index (κ3) is 7.04. The van der Waals surface area contributed by atoms with E-state index in [0.29, 0.717) is 5.92 Å². The third-order valence-corrected chi connectivity index (χ3v) is 4.60. The highest BCUT2D eigenvalue weighted by Gasteiger charge is 2.15. The van der Waals surface area contributed by atoms with E-state index < -0.39 is 0 Å². The molecule has 0 amide bonds. The first-order valence-electron chi connectivity index (χ1n) is 9.44. The van der Waals surface area contributed by atoms with Crippen molar-refractivity contribution in [2.75, 3.05) is 40.0 Å². The Kier molecular flexibility index (Phi) is 8.77. The Morgan fingerprint density at radius 3 is 2.80 bits per heavy atom. The molecule has 1 saturated heterocycles. The van der Waals surface area contributed by atoms with Gasteiger partial charge in [-0.1, -0.05) is 31.2 Å². The van der Waals surface area contributed by atoms with E-state index in [0.717, 1.165) is 58.2 Å². The zero-order valence-electron chi connectivity index (χ0n) is 15.9. The van der Waals surface area contributed by atoms with Gasteiger partial charge >= 0.3 is 0 Å². The maximum atomic E-state index is 5.72. The second-order valence-electron chi connectivity index (χ2n) is 6.62. The molecule has 0 aromatic heterocycles. The van der Waals surface area contributed by atoms with Crippen LogP contribution in [0.5, 0.6) is 0 Å². The van der Waals surface area contributed by atoms with Crippen molar-refractivity contribution in [2.24, 2.45) is 10.9 Å². The van der Waals surface area contributed by atoms with Gasteiger partial charge in [0.1, 0.15) is 0 Å². The normalized spacial score (nSPS) is 19.0. The molecule has 2 N–H and O–H groups in total. The molecule has 140 valence electrons. The lowest BCUT2D eigenvalue weighted by molar-refractivity contribution is 0.0888. The summed E-state index contributed by atoms with van der Waals surface area (Å²) < 4.78 is 11.1. The van der Waals surface area contributed by atoms with E-state index in [-0.39, 0.29) is 6.04 Å². The fourth-order valence-electron chi connectivity index (χ4n) is 2.87. The lowest BCUT2D eigenvalue weighted by atomic mass is 10.1. The van der Waals surface area contributed by atoms with Gasteiger partial charge in [-0.15, -0.1) is 0 Å². The topological polar surface area (TPSA) is 54.9 Å². The SMILES string of the molecule is CCc1ccc(C(C)NC(=NC)NCCCOCC2CCOC2)cc1. The quantitative estimate of drug-likeness (QED) is 0.410. The fraction of sp³-hybridized carbons (Fsp3) is 0.650. The van der Waals surface area contributed by atoms with Gasteiger partial charge in [-0.2, -0.15) is 0 Å². The zero-order chi connectivity index (χ0) is 17.9. The van der Waals surface area contributed by atoms with Crippen molar-refractivity contribution in [1.82, 2.24) is 10.6 Å². The van der Waals surface area contributed by atoms with Crippen LogP contribution in [-0.2, 0) is 15.9 Å². The van der Waals surface area contributed by atoms with Crippen LogP contribution in [0, 0.1) is 5.92 Å². The van der Waals surface area contributed by atoms with E-state index in [2.05, 4.69) is 53.7 Å². The molecule has 0 spiro atoms. The van der Waals surface area contributed by atoms with Crippen molar-refractivity contribution >= 4 is 5.96 Å². The summed E-state index contributed by atoms with van der Waals surface area (Å²) in [5.74, 6) is 1.42. The maximum absolute atomic E-state index is 5.72. The average molecular weight is 348 g/mol. The third-order valence-electron chi connectivity index (χ3n) is 4.60. The van der Waals surface area contributed by atoms with Gasteiger partial charge in [-0.05, 0) is 37.3 Å². The first kappa shape index (κ1) is 19.7. The van der Waals surface area contributed by atoms with Gasteiger partial charge < -0.3 is 20.1 Å². The Balaban J connectivity index is 1.62. The number of rotatable bonds is 9. The minimum Gasteiger partial charge on any atom is -0.381 e. The van der Waals surface area contributed by atoms with Crippen LogP contribution < -0.4 is 10.6 Å². The Hall–Kier alpha value is -1.59. The number of ether oxygens (including phenoxy) is 2. The van der Waals surface area contributed by atoms with E-state index in [1.165, 1.54) is 11.1 Å². The number of benzene rings is 1. The summed E-state index contributed by atoms with van der Waals surface area (Å²) >= 11 is 0. The van der Waals surface area contributed by atoms with Crippen molar-refractivity contribution in [1.29, 1.82) is 0 Å². The molecule has 5 nitrogen and oxygen atoms in total. The molecule has 0 saturated carbocycles. The van der Waals surface area contributed by atoms with Crippen LogP contribution in [0.25, 0.3) is 0 Å². The Bertz CT molecular complexity index is 510. The summed E-state index contributed by atoms with van der Waals surface area (Å²) in [6, 6.07) is 8.97. The second kappa shape index (κ2) is 11.1. The number of hydrogen-bond acceptors (Lipinski definition) is 3. The van der Waals surface area contributed by atoms with Crippen LogP contribution in [0.15, 0.2) is 29.3 Å². The Labute approximate surface area is 152 Å². The molecule has 0 aliphatic carbocycles. The summed E-state index contributed by atoms with van der Waals surface area (Å²) in [5, 5.41) is 6.79. The predicted octanol–water partition coefficient (Wildman–Crippen LogP) is 2.92. The summed E-state index contributed by atoms with van der Waals surface area (Å²) in [6.07, 6.45) is 3.17. The maximum Gasteiger partial charge on any atom is 0.191 e. The molecule has 1 aromatic rings. The molecule has 2 rings (SSSR count). The highest BCUT2D eigenvalue weighted by molar-refractivity contribution is 5.80. The minimum atomic E-state index is 0.218. The lowest BCUT2D eigenvalue weighted by Gasteiger charge is -2.18. The first-order chi connectivity index (χ1) is 12.2. The van der Waals surface area contributed by atoms with Crippen molar-refractivity contribution < 1.29 is 9.47 Å². The summed E-state index contributed by atoms with van der Waals surface area (Å²) in [5.41, 5.74) is 2.63. The van der Waals surface area contributed by atoms with Gasteiger partial charge in [0.15, 0.2) is 5.96 Å². The first-order valence-corrected chi connectivity index (χ1v) is 9.44. The molecule has 1 aliphatic heterocycles. The zero-order valence-corrected chi connectivity index (χ0v) is 15.9. The predicted molar refractivity (Wildman–Crippen MR) is 103 cm³/mol. The van der Waals surface area contributed by atoms with Crippen LogP contribution in [0.3, 0.4) is 0 Å². The van der Waals surface area contributed by atoms with Crippen LogP contribution >= 0.6 is 0 Å². The van der Waals surface area contributed by atoms with E-state index in [1.807, 2.05) is 0 Å². The lowest BCUT2D eigenvalue weighted by Crippen LogP contribution is -2.39.